The fraction of sp³-hybridized carbons (Fsp3) is 0.100. The molecule has 13 heavy (non-hydrogen) atoms. The summed E-state index contributed by atoms with van der Waals surface area (Å²) in [4.78, 5) is 13.7. The van der Waals surface area contributed by atoms with Gasteiger partial charge in [-0.2, -0.15) is 0 Å². The molecular weight excluding hydrogens is 182 g/mol. The summed E-state index contributed by atoms with van der Waals surface area (Å²) in [6, 6.07) is 0. The number of allylic oxidation sites excluding steroid dienone is 2. The van der Waals surface area contributed by atoms with Gasteiger partial charge in [0.25, 0.3) is 0 Å². The first-order chi connectivity index (χ1) is 6.11. The lowest BCUT2D eigenvalue weighted by atomic mass is 10.3. The van der Waals surface area contributed by atoms with Crippen LogP contribution in [-0.4, -0.2) is 10.8 Å². The van der Waals surface area contributed by atoms with Gasteiger partial charge in [-0.3, -0.25) is 9.69 Å². The molecule has 3 heteroatoms. The average Bonchev–Trinajstić information content (AvgIpc) is 2.41. The van der Waals surface area contributed by atoms with E-state index in [0.29, 0.717) is 5.03 Å². The van der Waals surface area contributed by atoms with Crippen molar-refractivity contribution in [2.75, 3.05) is 0 Å². The van der Waals surface area contributed by atoms with Gasteiger partial charge in [0.2, 0.25) is 5.91 Å². The van der Waals surface area contributed by atoms with Crippen molar-refractivity contribution in [3.63, 3.8) is 0 Å². The molecule has 0 unspecified atom stereocenters. The topological polar surface area (TPSA) is 20.3 Å². The van der Waals surface area contributed by atoms with E-state index in [1.165, 1.54) is 23.6 Å². The predicted molar refractivity (Wildman–Crippen MR) is 56.7 cm³/mol. The van der Waals surface area contributed by atoms with Crippen LogP contribution in [0.15, 0.2) is 47.5 Å². The van der Waals surface area contributed by atoms with Crippen molar-refractivity contribution in [1.82, 2.24) is 4.90 Å². The molecule has 0 atom stereocenters. The quantitative estimate of drug-likeness (QED) is 0.672. The highest BCUT2D eigenvalue weighted by molar-refractivity contribution is 8.07. The first-order valence-corrected chi connectivity index (χ1v) is 4.60. The minimum atomic E-state index is -0.0516. The Balaban J connectivity index is 3.15. The van der Waals surface area contributed by atoms with Gasteiger partial charge in [-0.05, 0) is 6.08 Å². The molecule has 0 saturated heterocycles. The smallest absolute Gasteiger partial charge is 0.228 e. The van der Waals surface area contributed by atoms with Gasteiger partial charge in [0.05, 0.1) is 10.7 Å². The standard InChI is InChI=1S/C10H11NOS/c1-5-9-10(6-2)13-8(4)11(9)7(3)12/h5-6H,1-2,4H2,3H3. The van der Waals surface area contributed by atoms with E-state index in [9.17, 15) is 4.79 Å². The van der Waals surface area contributed by atoms with Gasteiger partial charge in [-0.15, -0.1) is 0 Å². The zero-order valence-electron chi connectivity index (χ0n) is 7.54. The van der Waals surface area contributed by atoms with Crippen LogP contribution in [0.1, 0.15) is 6.92 Å². The third kappa shape index (κ3) is 1.60. The number of carbonyl (C=O) groups excluding carboxylic acids is 1. The molecule has 68 valence electrons. The number of hydrogen-bond donors (Lipinski definition) is 0. The summed E-state index contributed by atoms with van der Waals surface area (Å²) in [5.74, 6) is -0.0516. The molecule has 0 radical (unpaired) electrons. The highest BCUT2D eigenvalue weighted by atomic mass is 32.2. The summed E-state index contributed by atoms with van der Waals surface area (Å²) in [5, 5.41) is 0.706. The van der Waals surface area contributed by atoms with Crippen molar-refractivity contribution in [3.8, 4) is 0 Å². The molecular formula is C10H11NOS. The molecule has 0 aromatic rings. The fourth-order valence-electron chi connectivity index (χ4n) is 1.15. The number of thioether (sulfide) groups is 1. The highest BCUT2D eigenvalue weighted by Crippen LogP contribution is 2.40. The predicted octanol–water partition coefficient (Wildman–Crippen LogP) is 2.64. The maximum atomic E-state index is 11.2. The van der Waals surface area contributed by atoms with Crippen LogP contribution in [0.5, 0.6) is 0 Å². The molecule has 0 aromatic heterocycles. The van der Waals surface area contributed by atoms with Crippen LogP contribution in [0.2, 0.25) is 0 Å². The number of nitrogens with zero attached hydrogens (tertiary/aromatic N) is 1. The zero-order valence-corrected chi connectivity index (χ0v) is 8.36. The molecule has 1 heterocycles. The summed E-state index contributed by atoms with van der Waals surface area (Å²) in [7, 11) is 0. The molecule has 0 bridgehead atoms. The van der Waals surface area contributed by atoms with Gasteiger partial charge < -0.3 is 0 Å². The molecule has 0 spiro atoms. The van der Waals surface area contributed by atoms with E-state index in [2.05, 4.69) is 19.7 Å². The highest BCUT2D eigenvalue weighted by Gasteiger charge is 2.25. The van der Waals surface area contributed by atoms with E-state index < -0.39 is 0 Å². The zero-order chi connectivity index (χ0) is 10.0. The van der Waals surface area contributed by atoms with Gasteiger partial charge in [-0.25, -0.2) is 0 Å². The molecule has 1 rings (SSSR count). The summed E-state index contributed by atoms with van der Waals surface area (Å²) < 4.78 is 0. The molecule has 1 aliphatic heterocycles. The van der Waals surface area contributed by atoms with E-state index in [1.807, 2.05) is 0 Å². The van der Waals surface area contributed by atoms with Gasteiger partial charge >= 0.3 is 0 Å². The van der Waals surface area contributed by atoms with Gasteiger partial charge in [0.1, 0.15) is 0 Å². The fourth-order valence-corrected chi connectivity index (χ4v) is 2.09. The van der Waals surface area contributed by atoms with E-state index in [-0.39, 0.29) is 5.91 Å². The Morgan fingerprint density at radius 1 is 1.46 bits per heavy atom. The van der Waals surface area contributed by atoms with Crippen molar-refractivity contribution >= 4 is 17.7 Å². The molecule has 0 aliphatic carbocycles. The number of carbonyl (C=O) groups is 1. The molecule has 0 aromatic carbocycles. The largest absolute Gasteiger partial charge is 0.275 e. The van der Waals surface area contributed by atoms with Crippen molar-refractivity contribution in [2.45, 2.75) is 6.92 Å². The second-order valence-electron chi connectivity index (χ2n) is 2.51. The van der Waals surface area contributed by atoms with Crippen molar-refractivity contribution < 1.29 is 4.79 Å². The second kappa shape index (κ2) is 3.66. The molecule has 0 saturated carbocycles. The lowest BCUT2D eigenvalue weighted by Gasteiger charge is -2.15. The maximum Gasteiger partial charge on any atom is 0.228 e. The Bertz CT molecular complexity index is 328. The van der Waals surface area contributed by atoms with E-state index in [1.54, 1.807) is 12.2 Å². The average molecular weight is 193 g/mol. The Hall–Kier alpha value is -1.22. The Morgan fingerprint density at radius 2 is 2.08 bits per heavy atom. The third-order valence-corrected chi connectivity index (χ3v) is 2.68. The van der Waals surface area contributed by atoms with Crippen LogP contribution in [0.4, 0.5) is 0 Å². The first kappa shape index (κ1) is 9.86. The minimum absolute atomic E-state index is 0.0516. The Labute approximate surface area is 82.3 Å². The van der Waals surface area contributed by atoms with E-state index in [0.717, 1.165) is 10.6 Å². The van der Waals surface area contributed by atoms with Gasteiger partial charge in [-0.1, -0.05) is 37.6 Å². The lowest BCUT2D eigenvalue weighted by Crippen LogP contribution is -2.21. The Morgan fingerprint density at radius 3 is 2.46 bits per heavy atom. The summed E-state index contributed by atoms with van der Waals surface area (Å²) in [6.45, 7) is 12.6. The number of amides is 1. The SMILES string of the molecule is C=CC1=C(C=C)N(C(C)=O)C(=C)S1. The maximum absolute atomic E-state index is 11.2. The van der Waals surface area contributed by atoms with Crippen LogP contribution < -0.4 is 0 Å². The van der Waals surface area contributed by atoms with Gasteiger partial charge in [0.15, 0.2) is 0 Å². The third-order valence-electron chi connectivity index (χ3n) is 1.66. The van der Waals surface area contributed by atoms with Crippen LogP contribution in [-0.2, 0) is 4.79 Å². The van der Waals surface area contributed by atoms with Gasteiger partial charge in [0, 0.05) is 11.8 Å². The van der Waals surface area contributed by atoms with E-state index >= 15 is 0 Å². The van der Waals surface area contributed by atoms with Crippen LogP contribution >= 0.6 is 11.8 Å². The lowest BCUT2D eigenvalue weighted by molar-refractivity contribution is -0.124. The van der Waals surface area contributed by atoms with Crippen LogP contribution in [0, 0.1) is 0 Å². The molecule has 1 amide bonds. The normalized spacial score (nSPS) is 16.4. The monoisotopic (exact) mass is 193 g/mol. The molecule has 2 nitrogen and oxygen atoms in total. The summed E-state index contributed by atoms with van der Waals surface area (Å²) in [5.41, 5.74) is 0.775. The first-order valence-electron chi connectivity index (χ1n) is 3.78. The molecule has 0 fully saturated rings. The van der Waals surface area contributed by atoms with Crippen LogP contribution in [0.25, 0.3) is 0 Å². The van der Waals surface area contributed by atoms with Crippen LogP contribution in [0.3, 0.4) is 0 Å². The minimum Gasteiger partial charge on any atom is -0.275 e. The molecule has 1 aliphatic rings. The second-order valence-corrected chi connectivity index (χ2v) is 3.62. The molecule has 0 N–H and O–H groups in total. The summed E-state index contributed by atoms with van der Waals surface area (Å²) in [6.07, 6.45) is 3.35. The van der Waals surface area contributed by atoms with Crippen molar-refractivity contribution in [3.05, 3.63) is 47.5 Å². The van der Waals surface area contributed by atoms with E-state index in [4.69, 9.17) is 0 Å². The Kier molecular flexibility index (Phi) is 2.78. The van der Waals surface area contributed by atoms with Crippen molar-refractivity contribution in [2.24, 2.45) is 0 Å². The number of hydrogen-bond acceptors (Lipinski definition) is 2. The number of rotatable bonds is 2. The van der Waals surface area contributed by atoms with Crippen molar-refractivity contribution in [1.29, 1.82) is 0 Å². The summed E-state index contributed by atoms with van der Waals surface area (Å²) >= 11 is 1.44.